The largest absolute Gasteiger partial charge is 0.352 e. The number of rotatable bonds is 2. The highest BCUT2D eigenvalue weighted by Gasteiger charge is 2.64. The highest BCUT2D eigenvalue weighted by molar-refractivity contribution is 6.13. The van der Waals surface area contributed by atoms with Crippen molar-refractivity contribution in [1.82, 2.24) is 5.32 Å². The van der Waals surface area contributed by atoms with Gasteiger partial charge < -0.3 is 5.32 Å². The molecule has 0 aromatic heterocycles. The van der Waals surface area contributed by atoms with Gasteiger partial charge in [-0.3, -0.25) is 9.59 Å². The van der Waals surface area contributed by atoms with Crippen LogP contribution in [0.25, 0.3) is 0 Å². The molecule has 3 nitrogen and oxygen atoms in total. The lowest BCUT2D eigenvalue weighted by Gasteiger charge is -2.44. The molecule has 1 fully saturated rings. The summed E-state index contributed by atoms with van der Waals surface area (Å²) in [5.41, 5.74) is 1.62. The van der Waals surface area contributed by atoms with Crippen molar-refractivity contribution in [3.8, 4) is 0 Å². The maximum Gasteiger partial charge on any atom is 0.235 e. The summed E-state index contributed by atoms with van der Waals surface area (Å²) in [7, 11) is 0. The fourth-order valence-corrected chi connectivity index (χ4v) is 5.53. The first-order valence-corrected chi connectivity index (χ1v) is 10.7. The first-order valence-electron chi connectivity index (χ1n) is 10.7. The zero-order valence-corrected chi connectivity index (χ0v) is 17.5. The van der Waals surface area contributed by atoms with Crippen LogP contribution < -0.4 is 5.32 Å². The van der Waals surface area contributed by atoms with Crippen molar-refractivity contribution >= 4 is 11.7 Å². The molecule has 0 bridgehead atoms. The van der Waals surface area contributed by atoms with Gasteiger partial charge in [0.15, 0.2) is 5.78 Å². The average Bonchev–Trinajstić information content (AvgIpc) is 2.86. The SMILES string of the molecule is CC1=CC2C=C(C)C(C)C3C(CC(C)C)NC(=O)C23C(=O)C=CCCCC1. The lowest BCUT2D eigenvalue weighted by atomic mass is 9.55. The van der Waals surface area contributed by atoms with E-state index < -0.39 is 5.41 Å². The summed E-state index contributed by atoms with van der Waals surface area (Å²) in [5, 5.41) is 3.26. The molecule has 3 aliphatic rings. The number of allylic oxidation sites excluding steroid dienone is 6. The average molecular weight is 370 g/mol. The Kier molecular flexibility index (Phi) is 5.79. The minimum absolute atomic E-state index is 0.00260. The van der Waals surface area contributed by atoms with Gasteiger partial charge in [0.1, 0.15) is 5.41 Å². The van der Waals surface area contributed by atoms with Gasteiger partial charge in [-0.15, -0.1) is 0 Å². The monoisotopic (exact) mass is 369 g/mol. The van der Waals surface area contributed by atoms with Gasteiger partial charge in [-0.05, 0) is 63.9 Å². The van der Waals surface area contributed by atoms with Crippen molar-refractivity contribution in [3.05, 3.63) is 35.5 Å². The second kappa shape index (κ2) is 7.77. The first-order chi connectivity index (χ1) is 12.8. The van der Waals surface area contributed by atoms with E-state index in [4.69, 9.17) is 0 Å². The highest BCUT2D eigenvalue weighted by Crippen LogP contribution is 2.55. The van der Waals surface area contributed by atoms with Gasteiger partial charge in [0.2, 0.25) is 5.91 Å². The smallest absolute Gasteiger partial charge is 0.235 e. The Morgan fingerprint density at radius 3 is 2.63 bits per heavy atom. The number of hydrogen-bond acceptors (Lipinski definition) is 2. The number of amides is 1. The van der Waals surface area contributed by atoms with Crippen LogP contribution in [0.5, 0.6) is 0 Å². The number of nitrogens with one attached hydrogen (secondary N) is 1. The van der Waals surface area contributed by atoms with Crippen molar-refractivity contribution < 1.29 is 9.59 Å². The van der Waals surface area contributed by atoms with Crippen molar-refractivity contribution in [1.29, 1.82) is 0 Å². The van der Waals surface area contributed by atoms with E-state index >= 15 is 0 Å². The Morgan fingerprint density at radius 2 is 1.93 bits per heavy atom. The number of carbonyl (C=O) groups excluding carboxylic acids is 2. The van der Waals surface area contributed by atoms with E-state index in [9.17, 15) is 9.59 Å². The summed E-state index contributed by atoms with van der Waals surface area (Å²) in [6, 6.07) is 0.0647. The van der Waals surface area contributed by atoms with E-state index in [1.54, 1.807) is 6.08 Å². The van der Waals surface area contributed by atoms with E-state index in [1.807, 2.05) is 6.08 Å². The van der Waals surface area contributed by atoms with Crippen LogP contribution in [-0.2, 0) is 9.59 Å². The molecular formula is C24H35NO2. The van der Waals surface area contributed by atoms with E-state index in [1.165, 1.54) is 11.1 Å². The lowest BCUT2D eigenvalue weighted by molar-refractivity contribution is -0.142. The van der Waals surface area contributed by atoms with Crippen LogP contribution in [0.15, 0.2) is 35.5 Å². The predicted octanol–water partition coefficient (Wildman–Crippen LogP) is 4.99. The number of carbonyl (C=O) groups is 2. The van der Waals surface area contributed by atoms with Crippen LogP contribution >= 0.6 is 0 Å². The van der Waals surface area contributed by atoms with Gasteiger partial charge in [0.25, 0.3) is 0 Å². The highest BCUT2D eigenvalue weighted by atomic mass is 16.2. The molecule has 1 amide bonds. The molecule has 0 aromatic rings. The predicted molar refractivity (Wildman–Crippen MR) is 110 cm³/mol. The zero-order valence-electron chi connectivity index (χ0n) is 17.5. The van der Waals surface area contributed by atoms with E-state index in [2.05, 4.69) is 52.1 Å². The molecule has 1 saturated heterocycles. The minimum Gasteiger partial charge on any atom is -0.352 e. The van der Waals surface area contributed by atoms with Gasteiger partial charge in [-0.1, -0.05) is 50.1 Å². The van der Waals surface area contributed by atoms with Crippen LogP contribution in [0.2, 0.25) is 0 Å². The first kappa shape index (κ1) is 20.1. The quantitative estimate of drug-likeness (QED) is 0.550. The molecule has 1 aliphatic heterocycles. The molecule has 3 heteroatoms. The summed E-state index contributed by atoms with van der Waals surface area (Å²) in [5.74, 6) is 0.517. The Bertz CT molecular complexity index is 699. The third-order valence-corrected chi connectivity index (χ3v) is 6.93. The topological polar surface area (TPSA) is 46.2 Å². The van der Waals surface area contributed by atoms with E-state index in [-0.39, 0.29) is 35.5 Å². The van der Waals surface area contributed by atoms with Gasteiger partial charge in [0, 0.05) is 17.9 Å². The molecule has 0 aromatic carbocycles. The third-order valence-electron chi connectivity index (χ3n) is 6.93. The molecule has 1 heterocycles. The number of hydrogen-bond donors (Lipinski definition) is 1. The van der Waals surface area contributed by atoms with E-state index in [0.29, 0.717) is 5.92 Å². The van der Waals surface area contributed by atoms with Crippen LogP contribution in [-0.4, -0.2) is 17.7 Å². The number of ketones is 1. The van der Waals surface area contributed by atoms with Crippen molar-refractivity contribution in [2.75, 3.05) is 0 Å². The molecule has 3 rings (SSSR count). The summed E-state index contributed by atoms with van der Waals surface area (Å²) in [6.45, 7) is 10.9. The molecule has 1 N–H and O–H groups in total. The molecular weight excluding hydrogens is 334 g/mol. The van der Waals surface area contributed by atoms with Gasteiger partial charge in [-0.25, -0.2) is 0 Å². The zero-order chi connectivity index (χ0) is 19.8. The summed E-state index contributed by atoms with van der Waals surface area (Å²) in [4.78, 5) is 27.0. The maximum atomic E-state index is 13.6. The second-order valence-corrected chi connectivity index (χ2v) is 9.35. The molecule has 2 aliphatic carbocycles. The summed E-state index contributed by atoms with van der Waals surface area (Å²) in [6.07, 6.45) is 13.2. The van der Waals surface area contributed by atoms with Crippen molar-refractivity contribution in [2.24, 2.45) is 29.1 Å². The van der Waals surface area contributed by atoms with Crippen LogP contribution in [0.3, 0.4) is 0 Å². The molecule has 1 spiro atoms. The Morgan fingerprint density at radius 1 is 1.19 bits per heavy atom. The molecule has 148 valence electrons. The molecule has 0 radical (unpaired) electrons. The Hall–Kier alpha value is -1.64. The van der Waals surface area contributed by atoms with Crippen molar-refractivity contribution in [3.63, 3.8) is 0 Å². The fraction of sp³-hybridized carbons (Fsp3) is 0.667. The van der Waals surface area contributed by atoms with Gasteiger partial charge in [-0.2, -0.15) is 0 Å². The molecule has 0 saturated carbocycles. The van der Waals surface area contributed by atoms with Crippen LogP contribution in [0, 0.1) is 29.1 Å². The summed E-state index contributed by atoms with van der Waals surface area (Å²) < 4.78 is 0. The standard InChI is InChI=1S/C24H35NO2/c1-15(2)12-20-22-18(5)17(4)14-19-13-16(3)10-8-6-7-9-11-21(26)24(19,22)23(27)25-20/h9,11,13-15,18-20,22H,6-8,10,12H2,1-5H3,(H,25,27). The van der Waals surface area contributed by atoms with E-state index in [0.717, 1.165) is 32.1 Å². The fourth-order valence-electron chi connectivity index (χ4n) is 5.53. The third kappa shape index (κ3) is 3.46. The van der Waals surface area contributed by atoms with Gasteiger partial charge >= 0.3 is 0 Å². The maximum absolute atomic E-state index is 13.6. The van der Waals surface area contributed by atoms with Crippen molar-refractivity contribution in [2.45, 2.75) is 72.8 Å². The van der Waals surface area contributed by atoms with Gasteiger partial charge in [0.05, 0.1) is 0 Å². The normalized spacial score (nSPS) is 37.1. The lowest BCUT2D eigenvalue weighted by Crippen LogP contribution is -2.51. The minimum atomic E-state index is -0.986. The molecule has 5 atom stereocenters. The Labute approximate surface area is 164 Å². The molecule has 5 unspecified atom stereocenters. The second-order valence-electron chi connectivity index (χ2n) is 9.35. The molecule has 27 heavy (non-hydrogen) atoms. The van der Waals surface area contributed by atoms with Crippen LogP contribution in [0.1, 0.15) is 66.7 Å². The Balaban J connectivity index is 2.19. The summed E-state index contributed by atoms with van der Waals surface area (Å²) >= 11 is 0. The van der Waals surface area contributed by atoms with Crippen LogP contribution in [0.4, 0.5) is 0 Å².